The molecule has 0 spiro atoms. The second-order valence-electron chi connectivity index (χ2n) is 6.61. The molecule has 0 heterocycles. The number of aliphatic hydroxyl groups is 1. The van der Waals surface area contributed by atoms with E-state index in [4.69, 9.17) is 9.84 Å². The summed E-state index contributed by atoms with van der Waals surface area (Å²) >= 11 is 0. The van der Waals surface area contributed by atoms with Gasteiger partial charge >= 0.3 is 12.1 Å². The summed E-state index contributed by atoms with van der Waals surface area (Å²) in [6, 6.07) is 9.89. The monoisotopic (exact) mass is 352 g/mol. The van der Waals surface area contributed by atoms with Gasteiger partial charge in [-0.25, -0.2) is 4.79 Å². The Morgan fingerprint density at radius 2 is 1.56 bits per heavy atom. The van der Waals surface area contributed by atoms with E-state index in [2.05, 4.69) is 0 Å². The maximum atomic E-state index is 13.1. The van der Waals surface area contributed by atoms with Gasteiger partial charge < -0.3 is 9.84 Å². The number of benzene rings is 2. The molecule has 0 aliphatic heterocycles. The van der Waals surface area contributed by atoms with E-state index in [0.717, 1.165) is 6.07 Å². The molecule has 0 bridgehead atoms. The average Bonchev–Trinajstić information content (AvgIpc) is 2.52. The fourth-order valence-corrected chi connectivity index (χ4v) is 2.29. The first-order valence-corrected chi connectivity index (χ1v) is 7.66. The number of carbonyl (C=O) groups is 1. The normalized spacial score (nSPS) is 12.1. The summed E-state index contributed by atoms with van der Waals surface area (Å²) in [6.45, 7) is 4.56. The molecule has 134 valence electrons. The van der Waals surface area contributed by atoms with Crippen LogP contribution in [0.4, 0.5) is 13.2 Å². The van der Waals surface area contributed by atoms with Crippen LogP contribution in [0.15, 0.2) is 42.5 Å². The van der Waals surface area contributed by atoms with Crippen molar-refractivity contribution < 1.29 is 27.8 Å². The van der Waals surface area contributed by atoms with Crippen LogP contribution in [0.1, 0.15) is 42.3 Å². The minimum atomic E-state index is -4.55. The minimum Gasteiger partial charge on any atom is -0.456 e. The first-order chi connectivity index (χ1) is 11.5. The van der Waals surface area contributed by atoms with Crippen molar-refractivity contribution in [2.24, 2.45) is 0 Å². The van der Waals surface area contributed by atoms with E-state index in [9.17, 15) is 18.0 Å². The number of hydrogen-bond acceptors (Lipinski definition) is 3. The molecule has 2 aromatic carbocycles. The second-order valence-corrected chi connectivity index (χ2v) is 6.61. The molecule has 0 aromatic heterocycles. The third-order valence-electron chi connectivity index (χ3n) is 3.44. The number of ether oxygens (including phenoxy) is 1. The molecular weight excluding hydrogens is 333 g/mol. The average molecular weight is 352 g/mol. The molecule has 0 atom stereocenters. The maximum absolute atomic E-state index is 13.1. The number of alkyl halides is 3. The molecule has 6 heteroatoms. The van der Waals surface area contributed by atoms with Crippen molar-refractivity contribution in [1.29, 1.82) is 0 Å². The van der Waals surface area contributed by atoms with Crippen molar-refractivity contribution in [3.8, 4) is 11.1 Å². The smallest absolute Gasteiger partial charge is 0.416 e. The summed E-state index contributed by atoms with van der Waals surface area (Å²) in [4.78, 5) is 12.0. The molecule has 3 nitrogen and oxygen atoms in total. The molecule has 2 rings (SSSR count). The Morgan fingerprint density at radius 1 is 1.00 bits per heavy atom. The molecule has 0 radical (unpaired) electrons. The molecule has 1 N–H and O–H groups in total. The lowest BCUT2D eigenvalue weighted by atomic mass is 9.98. The van der Waals surface area contributed by atoms with Crippen LogP contribution in [0.2, 0.25) is 0 Å². The van der Waals surface area contributed by atoms with E-state index < -0.39 is 29.9 Å². The van der Waals surface area contributed by atoms with E-state index in [1.165, 1.54) is 24.3 Å². The first kappa shape index (κ1) is 19.0. The Labute approximate surface area is 144 Å². The van der Waals surface area contributed by atoms with Gasteiger partial charge in [-0.3, -0.25) is 0 Å². The van der Waals surface area contributed by atoms with Crippen LogP contribution in [0.25, 0.3) is 11.1 Å². The topological polar surface area (TPSA) is 46.5 Å². The highest BCUT2D eigenvalue weighted by atomic mass is 19.4. The highest BCUT2D eigenvalue weighted by molar-refractivity contribution is 5.90. The third-order valence-corrected chi connectivity index (χ3v) is 3.44. The number of carbonyl (C=O) groups excluding carboxylic acids is 1. The zero-order valence-electron chi connectivity index (χ0n) is 14.1. The molecule has 0 fully saturated rings. The van der Waals surface area contributed by atoms with Crippen molar-refractivity contribution in [3.63, 3.8) is 0 Å². The lowest BCUT2D eigenvalue weighted by molar-refractivity contribution is -0.138. The Bertz CT molecular complexity index is 757. The highest BCUT2D eigenvalue weighted by Gasteiger charge is 2.33. The Hall–Kier alpha value is -2.34. The van der Waals surface area contributed by atoms with E-state index in [0.29, 0.717) is 16.7 Å². The molecule has 0 aliphatic rings. The van der Waals surface area contributed by atoms with Gasteiger partial charge in [0.15, 0.2) is 0 Å². The zero-order valence-corrected chi connectivity index (χ0v) is 14.1. The summed E-state index contributed by atoms with van der Waals surface area (Å²) in [5.41, 5.74) is -0.480. The quantitative estimate of drug-likeness (QED) is 0.806. The van der Waals surface area contributed by atoms with Crippen molar-refractivity contribution in [2.75, 3.05) is 0 Å². The van der Waals surface area contributed by atoms with Gasteiger partial charge in [0.25, 0.3) is 0 Å². The highest BCUT2D eigenvalue weighted by Crippen LogP contribution is 2.35. The maximum Gasteiger partial charge on any atom is 0.416 e. The van der Waals surface area contributed by atoms with E-state index in [1.807, 2.05) is 0 Å². The van der Waals surface area contributed by atoms with Gasteiger partial charge in [-0.1, -0.05) is 24.3 Å². The molecule has 25 heavy (non-hydrogen) atoms. The lowest BCUT2D eigenvalue weighted by Gasteiger charge is -2.19. The number of esters is 1. The fraction of sp³-hybridized carbons (Fsp3) is 0.316. The van der Waals surface area contributed by atoms with Crippen LogP contribution in [-0.4, -0.2) is 16.7 Å². The van der Waals surface area contributed by atoms with Gasteiger partial charge in [0.1, 0.15) is 5.60 Å². The summed E-state index contributed by atoms with van der Waals surface area (Å²) in [5, 5.41) is 9.08. The zero-order chi connectivity index (χ0) is 18.8. The Kier molecular flexibility index (Phi) is 5.23. The minimum absolute atomic E-state index is 0.179. The summed E-state index contributed by atoms with van der Waals surface area (Å²) in [5.74, 6) is -0.495. The van der Waals surface area contributed by atoms with Crippen molar-refractivity contribution in [2.45, 2.75) is 39.2 Å². The third kappa shape index (κ3) is 4.82. The molecule has 0 aliphatic carbocycles. The van der Waals surface area contributed by atoms with Crippen LogP contribution < -0.4 is 0 Å². The largest absolute Gasteiger partial charge is 0.456 e. The van der Waals surface area contributed by atoms with E-state index in [1.54, 1.807) is 32.9 Å². The summed E-state index contributed by atoms with van der Waals surface area (Å²) < 4.78 is 44.5. The van der Waals surface area contributed by atoms with Gasteiger partial charge in [-0.2, -0.15) is 13.2 Å². The van der Waals surface area contributed by atoms with Crippen LogP contribution in [0.3, 0.4) is 0 Å². The van der Waals surface area contributed by atoms with Crippen molar-refractivity contribution in [1.82, 2.24) is 0 Å². The van der Waals surface area contributed by atoms with Crippen LogP contribution in [0.5, 0.6) is 0 Å². The van der Waals surface area contributed by atoms with Crippen molar-refractivity contribution >= 4 is 5.97 Å². The van der Waals surface area contributed by atoms with E-state index >= 15 is 0 Å². The number of halogens is 3. The molecule has 0 unspecified atom stereocenters. The van der Waals surface area contributed by atoms with Gasteiger partial charge in [0.05, 0.1) is 17.7 Å². The number of rotatable bonds is 3. The molecule has 0 saturated carbocycles. The Balaban J connectivity index is 2.33. The van der Waals surface area contributed by atoms with Gasteiger partial charge in [0, 0.05) is 0 Å². The summed E-state index contributed by atoms with van der Waals surface area (Å²) in [7, 11) is 0. The lowest BCUT2D eigenvalue weighted by Crippen LogP contribution is -2.23. The predicted octanol–water partition coefficient (Wildman–Crippen LogP) is 4.82. The van der Waals surface area contributed by atoms with Gasteiger partial charge in [-0.05, 0) is 55.7 Å². The van der Waals surface area contributed by atoms with E-state index in [-0.39, 0.29) is 5.56 Å². The first-order valence-electron chi connectivity index (χ1n) is 7.66. The number of aliphatic hydroxyl groups excluding tert-OH is 1. The van der Waals surface area contributed by atoms with Crippen LogP contribution in [0, 0.1) is 0 Å². The molecule has 2 aromatic rings. The van der Waals surface area contributed by atoms with Crippen LogP contribution in [-0.2, 0) is 17.5 Å². The fourth-order valence-electron chi connectivity index (χ4n) is 2.29. The number of hydrogen-bond donors (Lipinski definition) is 1. The predicted molar refractivity (Wildman–Crippen MR) is 88.0 cm³/mol. The second kappa shape index (κ2) is 6.88. The van der Waals surface area contributed by atoms with Crippen LogP contribution >= 0.6 is 0 Å². The van der Waals surface area contributed by atoms with Gasteiger partial charge in [-0.15, -0.1) is 0 Å². The van der Waals surface area contributed by atoms with Gasteiger partial charge in [0.2, 0.25) is 0 Å². The van der Waals surface area contributed by atoms with Crippen molar-refractivity contribution in [3.05, 3.63) is 59.2 Å². The molecule has 0 amide bonds. The SMILES string of the molecule is CC(C)(C)OC(=O)c1ccc(-c2ccc(CO)c(C(F)(F)F)c2)cc1. The standard InChI is InChI=1S/C19H19F3O3/c1-18(2,3)25-17(24)13-6-4-12(5-7-13)14-8-9-15(11-23)16(10-14)19(20,21)22/h4-10,23H,11H2,1-3H3. The summed E-state index contributed by atoms with van der Waals surface area (Å²) in [6.07, 6.45) is -4.55. The Morgan fingerprint density at radius 3 is 2.04 bits per heavy atom. The molecular formula is C19H19F3O3. The molecule has 0 saturated heterocycles.